The van der Waals surface area contributed by atoms with Crippen molar-refractivity contribution in [3.63, 3.8) is 0 Å². The minimum atomic E-state index is -1.47. The second-order valence-corrected chi connectivity index (χ2v) is 9.83. The van der Waals surface area contributed by atoms with Gasteiger partial charge in [-0.25, -0.2) is 10.3 Å². The van der Waals surface area contributed by atoms with Crippen LogP contribution in [0.2, 0.25) is 0 Å². The predicted octanol–water partition coefficient (Wildman–Crippen LogP) is 2.65. The molecule has 0 saturated heterocycles. The van der Waals surface area contributed by atoms with E-state index in [2.05, 4.69) is 10.6 Å². The van der Waals surface area contributed by atoms with Gasteiger partial charge in [-0.1, -0.05) is 36.4 Å². The zero-order chi connectivity index (χ0) is 28.3. The lowest BCUT2D eigenvalue weighted by Gasteiger charge is -2.40. The van der Waals surface area contributed by atoms with E-state index in [9.17, 15) is 29.2 Å². The largest absolute Gasteiger partial charge is 0.444 e. The van der Waals surface area contributed by atoms with Gasteiger partial charge in [0.15, 0.2) is 0 Å². The van der Waals surface area contributed by atoms with Gasteiger partial charge in [-0.05, 0) is 52.0 Å². The Hall–Kier alpha value is -4.09. The van der Waals surface area contributed by atoms with Crippen molar-refractivity contribution < 1.29 is 33.9 Å². The molecule has 2 aromatic carbocycles. The molecule has 38 heavy (non-hydrogen) atoms. The standard InChI is InChI=1S/C27H34N4O7/c1-26(2,3)38-25(36)28-17-27(4,18-29-37)31(24(35)20-13-9-6-10-14-20)22(33)16-15-21(32)30-23(34)19-11-7-5-8-12-19/h5-14,29,37H,15-18H2,1-4H3,(H,28,36)(H,30,32,34)/t27-/m1/s1. The molecule has 0 fully saturated rings. The molecule has 2 aromatic rings. The van der Waals surface area contributed by atoms with Crippen molar-refractivity contribution in [2.75, 3.05) is 13.1 Å². The van der Waals surface area contributed by atoms with E-state index in [1.54, 1.807) is 69.3 Å². The average molecular weight is 527 g/mol. The van der Waals surface area contributed by atoms with Crippen molar-refractivity contribution in [1.82, 2.24) is 21.0 Å². The molecule has 0 aromatic heterocycles. The van der Waals surface area contributed by atoms with E-state index < -0.39 is 47.3 Å². The molecule has 0 radical (unpaired) electrons. The number of nitrogens with one attached hydrogen (secondary N) is 3. The smallest absolute Gasteiger partial charge is 0.407 e. The average Bonchev–Trinajstić information content (AvgIpc) is 2.86. The van der Waals surface area contributed by atoms with Crippen LogP contribution in [0.5, 0.6) is 0 Å². The number of hydrogen-bond donors (Lipinski definition) is 4. The fourth-order valence-corrected chi connectivity index (χ4v) is 3.52. The summed E-state index contributed by atoms with van der Waals surface area (Å²) in [5.74, 6) is -2.76. The summed E-state index contributed by atoms with van der Waals surface area (Å²) in [5.41, 5.74) is 0.187. The molecular weight excluding hydrogens is 492 g/mol. The summed E-state index contributed by atoms with van der Waals surface area (Å²) in [5, 5.41) is 14.3. The van der Waals surface area contributed by atoms with E-state index >= 15 is 0 Å². The lowest BCUT2D eigenvalue weighted by molar-refractivity contribution is -0.135. The van der Waals surface area contributed by atoms with Crippen LogP contribution < -0.4 is 16.1 Å². The second kappa shape index (κ2) is 13.5. The minimum absolute atomic E-state index is 0.186. The number of nitrogens with zero attached hydrogens (tertiary/aromatic N) is 1. The highest BCUT2D eigenvalue weighted by Gasteiger charge is 2.40. The van der Waals surface area contributed by atoms with Crippen LogP contribution in [0.15, 0.2) is 60.7 Å². The highest BCUT2D eigenvalue weighted by molar-refractivity contribution is 6.07. The van der Waals surface area contributed by atoms with Crippen LogP contribution in [0.4, 0.5) is 4.79 Å². The number of rotatable bonds is 10. The third kappa shape index (κ3) is 9.09. The predicted molar refractivity (Wildman–Crippen MR) is 138 cm³/mol. The SMILES string of the molecule is CC(C)(C)OC(=O)NC[C@](C)(CNO)N(C(=O)CCC(=O)NC(=O)c1ccccc1)C(=O)c1ccccc1. The number of carbonyl (C=O) groups is 5. The van der Waals surface area contributed by atoms with Gasteiger partial charge in [-0.15, -0.1) is 0 Å². The first kappa shape index (κ1) is 30.1. The molecule has 0 bridgehead atoms. The summed E-state index contributed by atoms with van der Waals surface area (Å²) in [4.78, 5) is 64.7. The van der Waals surface area contributed by atoms with Crippen molar-refractivity contribution in [2.45, 2.75) is 51.7 Å². The first-order valence-corrected chi connectivity index (χ1v) is 12.0. The maximum atomic E-state index is 13.5. The van der Waals surface area contributed by atoms with Gasteiger partial charge in [-0.3, -0.25) is 29.4 Å². The molecule has 0 unspecified atom stereocenters. The number of carbonyl (C=O) groups excluding carboxylic acids is 5. The maximum Gasteiger partial charge on any atom is 0.407 e. The summed E-state index contributed by atoms with van der Waals surface area (Å²) >= 11 is 0. The lowest BCUT2D eigenvalue weighted by atomic mass is 9.97. The van der Waals surface area contributed by atoms with Crippen molar-refractivity contribution in [2.24, 2.45) is 0 Å². The third-order valence-corrected chi connectivity index (χ3v) is 5.34. The third-order valence-electron chi connectivity index (χ3n) is 5.34. The Morgan fingerprint density at radius 1 is 0.816 bits per heavy atom. The summed E-state index contributed by atoms with van der Waals surface area (Å²) in [6.07, 6.45) is -1.57. The molecule has 0 saturated carbocycles. The van der Waals surface area contributed by atoms with E-state index in [0.29, 0.717) is 0 Å². The van der Waals surface area contributed by atoms with Crippen molar-refractivity contribution in [3.8, 4) is 0 Å². The Kier molecular flexibility index (Phi) is 10.7. The monoisotopic (exact) mass is 526 g/mol. The topological polar surface area (TPSA) is 154 Å². The lowest BCUT2D eigenvalue weighted by Crippen LogP contribution is -2.62. The van der Waals surface area contributed by atoms with Crippen LogP contribution in [0, 0.1) is 0 Å². The van der Waals surface area contributed by atoms with Crippen LogP contribution in [0.1, 0.15) is 61.3 Å². The van der Waals surface area contributed by atoms with E-state index in [4.69, 9.17) is 4.74 Å². The van der Waals surface area contributed by atoms with Gasteiger partial charge in [0.05, 0.1) is 5.54 Å². The summed E-state index contributed by atoms with van der Waals surface area (Å²) in [7, 11) is 0. The zero-order valence-corrected chi connectivity index (χ0v) is 21.9. The Labute approximate surface area is 221 Å². The molecule has 0 aliphatic rings. The molecule has 204 valence electrons. The van der Waals surface area contributed by atoms with Gasteiger partial charge in [0.2, 0.25) is 11.8 Å². The molecule has 4 N–H and O–H groups in total. The highest BCUT2D eigenvalue weighted by atomic mass is 16.6. The Morgan fingerprint density at radius 3 is 1.89 bits per heavy atom. The Balaban J connectivity index is 2.23. The van der Waals surface area contributed by atoms with Gasteiger partial charge in [0.1, 0.15) is 5.60 Å². The minimum Gasteiger partial charge on any atom is -0.444 e. The number of benzene rings is 2. The summed E-state index contributed by atoms with van der Waals surface area (Å²) in [6.45, 7) is 5.98. The summed E-state index contributed by atoms with van der Waals surface area (Å²) in [6, 6.07) is 16.1. The van der Waals surface area contributed by atoms with Gasteiger partial charge in [0, 0.05) is 37.1 Å². The van der Waals surface area contributed by atoms with Gasteiger partial charge >= 0.3 is 6.09 Å². The van der Waals surface area contributed by atoms with E-state index in [0.717, 1.165) is 4.90 Å². The number of hydrogen-bond acceptors (Lipinski definition) is 8. The number of hydroxylamine groups is 1. The van der Waals surface area contributed by atoms with Crippen molar-refractivity contribution in [3.05, 3.63) is 71.8 Å². The molecular formula is C27H34N4O7. The maximum absolute atomic E-state index is 13.5. The molecule has 0 aliphatic carbocycles. The highest BCUT2D eigenvalue weighted by Crippen LogP contribution is 2.21. The molecule has 0 heterocycles. The molecule has 0 spiro atoms. The van der Waals surface area contributed by atoms with Gasteiger partial charge in [-0.2, -0.15) is 0 Å². The molecule has 1 atom stereocenters. The molecule has 11 nitrogen and oxygen atoms in total. The van der Waals surface area contributed by atoms with Crippen molar-refractivity contribution in [1.29, 1.82) is 0 Å². The van der Waals surface area contributed by atoms with E-state index in [1.165, 1.54) is 19.1 Å². The number of ether oxygens (including phenoxy) is 1. The van der Waals surface area contributed by atoms with E-state index in [1.807, 2.05) is 5.48 Å². The van der Waals surface area contributed by atoms with Crippen LogP contribution in [0.25, 0.3) is 0 Å². The molecule has 2 rings (SSSR count). The number of imide groups is 2. The van der Waals surface area contributed by atoms with Crippen LogP contribution in [-0.4, -0.2) is 64.1 Å². The van der Waals surface area contributed by atoms with Crippen LogP contribution in [0.3, 0.4) is 0 Å². The Morgan fingerprint density at radius 2 is 1.37 bits per heavy atom. The summed E-state index contributed by atoms with van der Waals surface area (Å²) < 4.78 is 5.24. The first-order valence-electron chi connectivity index (χ1n) is 12.0. The van der Waals surface area contributed by atoms with Crippen molar-refractivity contribution >= 4 is 29.7 Å². The van der Waals surface area contributed by atoms with Gasteiger partial charge in [0.25, 0.3) is 11.8 Å². The van der Waals surface area contributed by atoms with Crippen LogP contribution >= 0.6 is 0 Å². The fraction of sp³-hybridized carbons (Fsp3) is 0.370. The number of alkyl carbamates (subject to hydrolysis) is 1. The molecule has 11 heteroatoms. The first-order chi connectivity index (χ1) is 17.9. The molecule has 5 amide bonds. The Bertz CT molecular complexity index is 1130. The quantitative estimate of drug-likeness (QED) is 0.345. The van der Waals surface area contributed by atoms with E-state index in [-0.39, 0.29) is 30.6 Å². The fourth-order valence-electron chi connectivity index (χ4n) is 3.52. The second-order valence-electron chi connectivity index (χ2n) is 9.83. The van der Waals surface area contributed by atoms with Gasteiger partial charge < -0.3 is 15.3 Å². The normalized spacial score (nSPS) is 12.6. The zero-order valence-electron chi connectivity index (χ0n) is 21.9. The number of amides is 5. The molecule has 0 aliphatic heterocycles. The van der Waals surface area contributed by atoms with Crippen LogP contribution in [-0.2, 0) is 14.3 Å².